The number of carboxylic acid groups (broad SMARTS) is 1. The van der Waals surface area contributed by atoms with Crippen molar-refractivity contribution in [2.45, 2.75) is 12.5 Å². The molecule has 1 rings (SSSR count). The topological polar surface area (TPSA) is 91.3 Å². The molecule has 3 N–H and O–H groups in total. The average molecular weight is 237 g/mol. The van der Waals surface area contributed by atoms with E-state index < -0.39 is 17.9 Å². The first-order chi connectivity index (χ1) is 8.15. The third-order valence-corrected chi connectivity index (χ3v) is 2.23. The number of carbonyl (C=O) groups is 2. The lowest BCUT2D eigenvalue weighted by molar-refractivity contribution is -0.143. The number of hydrogen-bond donors (Lipinski definition) is 3. The van der Waals surface area contributed by atoms with Crippen LogP contribution in [0.25, 0.3) is 0 Å². The van der Waals surface area contributed by atoms with Crippen molar-refractivity contribution in [1.82, 2.24) is 15.6 Å². The van der Waals surface area contributed by atoms with E-state index in [9.17, 15) is 9.59 Å². The van der Waals surface area contributed by atoms with E-state index in [2.05, 4.69) is 15.6 Å². The van der Waals surface area contributed by atoms with E-state index in [0.29, 0.717) is 13.0 Å². The van der Waals surface area contributed by atoms with Crippen molar-refractivity contribution in [3.8, 4) is 0 Å². The van der Waals surface area contributed by atoms with Crippen molar-refractivity contribution in [3.63, 3.8) is 0 Å². The lowest BCUT2D eigenvalue weighted by Crippen LogP contribution is -2.48. The molecule has 0 saturated carbocycles. The molecule has 0 radical (unpaired) electrons. The third kappa shape index (κ3) is 4.20. The van der Waals surface area contributed by atoms with Crippen LogP contribution in [-0.4, -0.2) is 41.6 Å². The maximum absolute atomic E-state index is 11.4. The average Bonchev–Trinajstić information content (AvgIpc) is 2.30. The molecule has 6 nitrogen and oxygen atoms in total. The summed E-state index contributed by atoms with van der Waals surface area (Å²) in [4.78, 5) is 26.1. The first kappa shape index (κ1) is 13.1. The second-order valence-electron chi connectivity index (χ2n) is 3.46. The van der Waals surface area contributed by atoms with E-state index in [-0.39, 0.29) is 0 Å². The molecule has 0 bridgehead atoms. The molecule has 1 amide bonds. The predicted octanol–water partition coefficient (Wildman–Crippen LogP) is -0.587. The Bertz CT molecular complexity index is 381. The van der Waals surface area contributed by atoms with Gasteiger partial charge in [-0.05, 0) is 25.1 Å². The monoisotopic (exact) mass is 237 g/mol. The molecule has 1 aromatic rings. The van der Waals surface area contributed by atoms with Crippen molar-refractivity contribution >= 4 is 11.9 Å². The highest BCUT2D eigenvalue weighted by molar-refractivity contribution is 6.01. The Morgan fingerprint density at radius 3 is 2.82 bits per heavy atom. The zero-order valence-corrected chi connectivity index (χ0v) is 9.51. The number of carbonyl (C=O) groups excluding carboxylic acids is 1. The molecule has 0 aromatic carbocycles. The first-order valence-corrected chi connectivity index (χ1v) is 5.22. The Morgan fingerprint density at radius 2 is 2.29 bits per heavy atom. The molecule has 0 spiro atoms. The number of hydrogen-bond acceptors (Lipinski definition) is 4. The van der Waals surface area contributed by atoms with Gasteiger partial charge in [-0.25, -0.2) is 4.79 Å². The van der Waals surface area contributed by atoms with E-state index >= 15 is 0 Å². The molecule has 0 saturated heterocycles. The Morgan fingerprint density at radius 1 is 1.53 bits per heavy atom. The van der Waals surface area contributed by atoms with E-state index in [0.717, 1.165) is 5.56 Å². The number of aromatic nitrogens is 1. The van der Waals surface area contributed by atoms with Gasteiger partial charge in [0.05, 0.1) is 0 Å². The second-order valence-corrected chi connectivity index (χ2v) is 3.46. The highest BCUT2D eigenvalue weighted by atomic mass is 16.4. The molecule has 6 heteroatoms. The van der Waals surface area contributed by atoms with Gasteiger partial charge >= 0.3 is 5.97 Å². The summed E-state index contributed by atoms with van der Waals surface area (Å²) in [5, 5.41) is 13.7. The summed E-state index contributed by atoms with van der Waals surface area (Å²) in [7, 11) is 1.43. The van der Waals surface area contributed by atoms with Crippen molar-refractivity contribution < 1.29 is 14.7 Å². The minimum atomic E-state index is -1.20. The zero-order chi connectivity index (χ0) is 12.7. The van der Waals surface area contributed by atoms with Crippen molar-refractivity contribution in [3.05, 3.63) is 30.1 Å². The quantitative estimate of drug-likeness (QED) is 0.575. The smallest absolute Gasteiger partial charge is 0.330 e. The molecule has 92 valence electrons. The van der Waals surface area contributed by atoms with E-state index in [1.54, 1.807) is 12.4 Å². The maximum Gasteiger partial charge on any atom is 0.330 e. The molecule has 1 unspecified atom stereocenters. The van der Waals surface area contributed by atoms with Gasteiger partial charge in [-0.15, -0.1) is 0 Å². The fraction of sp³-hybridized carbons (Fsp3) is 0.364. The van der Waals surface area contributed by atoms with Gasteiger partial charge in [-0.2, -0.15) is 0 Å². The van der Waals surface area contributed by atoms with Crippen LogP contribution in [0.3, 0.4) is 0 Å². The minimum absolute atomic E-state index is 0.385. The molecule has 1 aromatic heterocycles. The van der Waals surface area contributed by atoms with Gasteiger partial charge in [0, 0.05) is 18.9 Å². The molecule has 1 atom stereocenters. The summed E-state index contributed by atoms with van der Waals surface area (Å²) in [5.74, 6) is -1.73. The van der Waals surface area contributed by atoms with Crippen LogP contribution in [0, 0.1) is 0 Å². The zero-order valence-electron chi connectivity index (χ0n) is 9.51. The van der Waals surface area contributed by atoms with Gasteiger partial charge in [0.15, 0.2) is 6.04 Å². The largest absolute Gasteiger partial charge is 0.480 e. The SMILES string of the molecule is CNC(C(=O)O)C(=O)NCCc1cccnc1. The number of aliphatic carboxylic acids is 1. The Hall–Kier alpha value is -1.95. The number of nitrogens with one attached hydrogen (secondary N) is 2. The Labute approximate surface area is 99.1 Å². The molecule has 0 fully saturated rings. The fourth-order valence-electron chi connectivity index (χ4n) is 1.34. The van der Waals surface area contributed by atoms with Crippen LogP contribution in [0.15, 0.2) is 24.5 Å². The predicted molar refractivity (Wildman–Crippen MR) is 61.4 cm³/mol. The highest BCUT2D eigenvalue weighted by Crippen LogP contribution is 1.95. The van der Waals surface area contributed by atoms with Gasteiger partial charge in [0.2, 0.25) is 5.91 Å². The number of pyridine rings is 1. The van der Waals surface area contributed by atoms with E-state index in [1.165, 1.54) is 7.05 Å². The normalized spacial score (nSPS) is 11.8. The van der Waals surface area contributed by atoms with Gasteiger partial charge in [0.1, 0.15) is 0 Å². The van der Waals surface area contributed by atoms with Gasteiger partial charge in [0.25, 0.3) is 0 Å². The summed E-state index contributed by atoms with van der Waals surface area (Å²) in [6.45, 7) is 0.385. The lowest BCUT2D eigenvalue weighted by atomic mass is 10.2. The van der Waals surface area contributed by atoms with Crippen molar-refractivity contribution in [2.75, 3.05) is 13.6 Å². The lowest BCUT2D eigenvalue weighted by Gasteiger charge is -2.11. The van der Waals surface area contributed by atoms with Crippen LogP contribution in [-0.2, 0) is 16.0 Å². The van der Waals surface area contributed by atoms with Crippen LogP contribution in [0.4, 0.5) is 0 Å². The van der Waals surface area contributed by atoms with E-state index in [4.69, 9.17) is 5.11 Å². The summed E-state index contributed by atoms with van der Waals surface area (Å²) in [5.41, 5.74) is 0.990. The number of nitrogens with zero attached hydrogens (tertiary/aromatic N) is 1. The molecule has 0 aliphatic heterocycles. The van der Waals surface area contributed by atoms with Crippen LogP contribution < -0.4 is 10.6 Å². The van der Waals surface area contributed by atoms with Crippen LogP contribution >= 0.6 is 0 Å². The summed E-state index contributed by atoms with van der Waals surface area (Å²) in [6, 6.07) is 2.50. The number of carboxylic acids is 1. The maximum atomic E-state index is 11.4. The number of amides is 1. The second kappa shape index (κ2) is 6.59. The number of likely N-dealkylation sites (N-methyl/N-ethyl adjacent to an activating group) is 1. The highest BCUT2D eigenvalue weighted by Gasteiger charge is 2.23. The van der Waals surface area contributed by atoms with Gasteiger partial charge in [-0.3, -0.25) is 15.1 Å². The van der Waals surface area contributed by atoms with Gasteiger partial charge < -0.3 is 10.4 Å². The summed E-state index contributed by atoms with van der Waals surface area (Å²) in [6.07, 6.45) is 4.00. The Kier molecular flexibility index (Phi) is 5.09. The van der Waals surface area contributed by atoms with Crippen LogP contribution in [0.1, 0.15) is 5.56 Å². The molecule has 0 aliphatic carbocycles. The Balaban J connectivity index is 2.36. The molecule has 17 heavy (non-hydrogen) atoms. The molecule has 0 aliphatic rings. The summed E-state index contributed by atoms with van der Waals surface area (Å²) >= 11 is 0. The van der Waals surface area contributed by atoms with Crippen molar-refractivity contribution in [1.29, 1.82) is 0 Å². The standard InChI is InChI=1S/C11H15N3O3/c1-12-9(11(16)17)10(15)14-6-4-8-3-2-5-13-7-8/h2-3,5,7,9,12H,4,6H2,1H3,(H,14,15)(H,16,17). The molecule has 1 heterocycles. The summed E-state index contributed by atoms with van der Waals surface area (Å²) < 4.78 is 0. The van der Waals surface area contributed by atoms with E-state index in [1.807, 2.05) is 12.1 Å². The van der Waals surface area contributed by atoms with Crippen molar-refractivity contribution in [2.24, 2.45) is 0 Å². The van der Waals surface area contributed by atoms with Crippen LogP contribution in [0.2, 0.25) is 0 Å². The molecular weight excluding hydrogens is 222 g/mol. The fourth-order valence-corrected chi connectivity index (χ4v) is 1.34. The van der Waals surface area contributed by atoms with Crippen LogP contribution in [0.5, 0.6) is 0 Å². The first-order valence-electron chi connectivity index (χ1n) is 5.22. The van der Waals surface area contributed by atoms with Gasteiger partial charge in [-0.1, -0.05) is 6.07 Å². The third-order valence-electron chi connectivity index (χ3n) is 2.23. The number of rotatable bonds is 6. The minimum Gasteiger partial charge on any atom is -0.480 e. The molecular formula is C11H15N3O3.